The van der Waals surface area contributed by atoms with Gasteiger partial charge >= 0.3 is 6.03 Å². The normalized spacial score (nSPS) is 14.2. The van der Waals surface area contributed by atoms with Gasteiger partial charge in [-0.2, -0.15) is 0 Å². The maximum Gasteiger partial charge on any atom is 0.321 e. The molecule has 3 aromatic rings. The van der Waals surface area contributed by atoms with Crippen LogP contribution in [-0.2, 0) is 0 Å². The Hall–Kier alpha value is -3.13. The van der Waals surface area contributed by atoms with E-state index in [9.17, 15) is 4.79 Å². The van der Waals surface area contributed by atoms with Gasteiger partial charge in [0.05, 0.1) is 0 Å². The Morgan fingerprint density at radius 1 is 1.14 bits per heavy atom. The largest absolute Gasteiger partial charge is 0.353 e. The van der Waals surface area contributed by atoms with Gasteiger partial charge in [0.1, 0.15) is 24.3 Å². The number of hydrogen-bond acceptors (Lipinski definition) is 5. The lowest BCUT2D eigenvalue weighted by molar-refractivity contribution is 0.208. The first-order chi connectivity index (χ1) is 13.6. The van der Waals surface area contributed by atoms with E-state index in [2.05, 4.69) is 25.2 Å². The molecular formula is C19H20ClN7O. The van der Waals surface area contributed by atoms with E-state index in [1.807, 2.05) is 42.0 Å². The van der Waals surface area contributed by atoms with Crippen molar-refractivity contribution in [1.82, 2.24) is 24.4 Å². The van der Waals surface area contributed by atoms with Gasteiger partial charge < -0.3 is 15.1 Å². The zero-order valence-corrected chi connectivity index (χ0v) is 16.2. The molecule has 1 aliphatic heterocycles. The number of amides is 2. The Bertz CT molecular complexity index is 968. The number of urea groups is 1. The molecule has 28 heavy (non-hydrogen) atoms. The Labute approximate surface area is 167 Å². The van der Waals surface area contributed by atoms with Crippen LogP contribution in [0, 0.1) is 6.92 Å². The molecule has 1 saturated heterocycles. The number of piperazine rings is 1. The number of carbonyl (C=O) groups is 1. The topological polar surface area (TPSA) is 79.2 Å². The summed E-state index contributed by atoms with van der Waals surface area (Å²) in [5.41, 5.74) is 1.60. The molecule has 1 aliphatic rings. The Morgan fingerprint density at radius 2 is 1.93 bits per heavy atom. The lowest BCUT2D eigenvalue weighted by Crippen LogP contribution is -2.50. The van der Waals surface area contributed by atoms with Crippen LogP contribution in [0.5, 0.6) is 0 Å². The van der Waals surface area contributed by atoms with E-state index in [4.69, 9.17) is 11.6 Å². The van der Waals surface area contributed by atoms with Crippen LogP contribution in [0.1, 0.15) is 5.56 Å². The van der Waals surface area contributed by atoms with Crippen molar-refractivity contribution in [2.24, 2.45) is 0 Å². The van der Waals surface area contributed by atoms with Gasteiger partial charge in [-0.15, -0.1) is 0 Å². The summed E-state index contributed by atoms with van der Waals surface area (Å²) in [5, 5.41) is 3.59. The van der Waals surface area contributed by atoms with Gasteiger partial charge in [-0.3, -0.25) is 4.57 Å². The second kappa shape index (κ2) is 7.85. The molecule has 4 rings (SSSR count). The maximum absolute atomic E-state index is 12.6. The van der Waals surface area contributed by atoms with Crippen LogP contribution in [0.2, 0.25) is 5.02 Å². The average molecular weight is 398 g/mol. The van der Waals surface area contributed by atoms with Crippen molar-refractivity contribution >= 4 is 29.1 Å². The van der Waals surface area contributed by atoms with Crippen molar-refractivity contribution in [3.63, 3.8) is 0 Å². The molecule has 0 aliphatic carbocycles. The molecule has 1 aromatic carbocycles. The van der Waals surface area contributed by atoms with Crippen molar-refractivity contribution in [2.75, 3.05) is 36.4 Å². The van der Waals surface area contributed by atoms with Gasteiger partial charge in [-0.05, 0) is 24.6 Å². The second-order valence-electron chi connectivity index (χ2n) is 6.52. The monoisotopic (exact) mass is 397 g/mol. The molecule has 0 atom stereocenters. The molecule has 0 spiro atoms. The first-order valence-corrected chi connectivity index (χ1v) is 9.36. The number of anilines is 2. The van der Waals surface area contributed by atoms with Gasteiger partial charge in [0.2, 0.25) is 0 Å². The molecule has 0 radical (unpaired) electrons. The van der Waals surface area contributed by atoms with E-state index < -0.39 is 0 Å². The number of aromatic nitrogens is 4. The highest BCUT2D eigenvalue weighted by molar-refractivity contribution is 6.31. The molecule has 1 fully saturated rings. The summed E-state index contributed by atoms with van der Waals surface area (Å²) >= 11 is 6.13. The standard InChI is InChI=1S/C19H20ClN7O/c1-14-15(20)3-2-4-16(14)24-19(28)26-9-7-25(8-10-26)17-11-18(23-12-22-17)27-6-5-21-13-27/h2-6,11-13H,7-10H2,1H3,(H,24,28). The zero-order chi connectivity index (χ0) is 19.5. The van der Waals surface area contributed by atoms with Crippen LogP contribution < -0.4 is 10.2 Å². The van der Waals surface area contributed by atoms with E-state index in [0.717, 1.165) is 22.9 Å². The van der Waals surface area contributed by atoms with E-state index in [1.54, 1.807) is 23.8 Å². The number of carbonyl (C=O) groups excluding carboxylic acids is 1. The summed E-state index contributed by atoms with van der Waals surface area (Å²) in [6, 6.07) is 7.30. The molecule has 0 bridgehead atoms. The fourth-order valence-corrected chi connectivity index (χ4v) is 3.30. The van der Waals surface area contributed by atoms with Crippen LogP contribution in [0.25, 0.3) is 5.82 Å². The summed E-state index contributed by atoms with van der Waals surface area (Å²) in [6.07, 6.45) is 6.80. The lowest BCUT2D eigenvalue weighted by atomic mass is 10.2. The third-order valence-electron chi connectivity index (χ3n) is 4.81. The van der Waals surface area contributed by atoms with E-state index in [0.29, 0.717) is 31.2 Å². The molecule has 8 nitrogen and oxygen atoms in total. The fraction of sp³-hybridized carbons (Fsp3) is 0.263. The SMILES string of the molecule is Cc1c(Cl)cccc1NC(=O)N1CCN(c2cc(-n3ccnc3)ncn2)CC1. The first-order valence-electron chi connectivity index (χ1n) is 8.98. The predicted octanol–water partition coefficient (Wildman–Crippen LogP) is 2.98. The van der Waals surface area contributed by atoms with Crippen LogP contribution in [0.15, 0.2) is 49.3 Å². The van der Waals surface area contributed by atoms with Crippen molar-refractivity contribution < 1.29 is 4.79 Å². The number of nitrogens with zero attached hydrogens (tertiary/aromatic N) is 6. The van der Waals surface area contributed by atoms with Gasteiger partial charge in [-0.25, -0.2) is 19.7 Å². The van der Waals surface area contributed by atoms with Crippen molar-refractivity contribution in [3.05, 3.63) is 59.9 Å². The lowest BCUT2D eigenvalue weighted by Gasteiger charge is -2.35. The summed E-state index contributed by atoms with van der Waals surface area (Å²) in [6.45, 7) is 4.50. The highest BCUT2D eigenvalue weighted by Gasteiger charge is 2.22. The minimum Gasteiger partial charge on any atom is -0.353 e. The number of imidazole rings is 1. The molecule has 1 N–H and O–H groups in total. The van der Waals surface area contributed by atoms with Crippen molar-refractivity contribution in [3.8, 4) is 5.82 Å². The molecule has 9 heteroatoms. The smallest absolute Gasteiger partial charge is 0.321 e. The van der Waals surface area contributed by atoms with Crippen LogP contribution >= 0.6 is 11.6 Å². The minimum atomic E-state index is -0.119. The molecule has 0 saturated carbocycles. The number of halogens is 1. The second-order valence-corrected chi connectivity index (χ2v) is 6.93. The molecule has 2 amide bonds. The Morgan fingerprint density at radius 3 is 2.68 bits per heavy atom. The molecule has 0 unspecified atom stereocenters. The Balaban J connectivity index is 1.39. The van der Waals surface area contributed by atoms with E-state index >= 15 is 0 Å². The van der Waals surface area contributed by atoms with E-state index in [-0.39, 0.29) is 6.03 Å². The highest BCUT2D eigenvalue weighted by atomic mass is 35.5. The number of nitrogens with one attached hydrogen (secondary N) is 1. The first kappa shape index (κ1) is 18.2. The van der Waals surface area contributed by atoms with Gasteiger partial charge in [0.25, 0.3) is 0 Å². The van der Waals surface area contributed by atoms with Crippen LogP contribution in [0.3, 0.4) is 0 Å². The maximum atomic E-state index is 12.6. The van der Waals surface area contributed by atoms with Crippen molar-refractivity contribution in [2.45, 2.75) is 6.92 Å². The third-order valence-corrected chi connectivity index (χ3v) is 5.22. The summed E-state index contributed by atoms with van der Waals surface area (Å²) < 4.78 is 1.84. The van der Waals surface area contributed by atoms with E-state index in [1.165, 1.54) is 0 Å². The quantitative estimate of drug-likeness (QED) is 0.735. The van der Waals surface area contributed by atoms with Crippen molar-refractivity contribution in [1.29, 1.82) is 0 Å². The Kier molecular flexibility index (Phi) is 5.12. The zero-order valence-electron chi connectivity index (χ0n) is 15.4. The minimum absolute atomic E-state index is 0.119. The average Bonchev–Trinajstić information content (AvgIpc) is 3.27. The summed E-state index contributed by atoms with van der Waals surface area (Å²) in [5.74, 6) is 1.60. The number of hydrogen-bond donors (Lipinski definition) is 1. The third kappa shape index (κ3) is 3.77. The van der Waals surface area contributed by atoms with Crippen LogP contribution in [-0.4, -0.2) is 56.6 Å². The van der Waals surface area contributed by atoms with Gasteiger partial charge in [-0.1, -0.05) is 17.7 Å². The molecular weight excluding hydrogens is 378 g/mol. The highest BCUT2D eigenvalue weighted by Crippen LogP contribution is 2.23. The predicted molar refractivity (Wildman–Crippen MR) is 108 cm³/mol. The molecule has 2 aromatic heterocycles. The molecule has 3 heterocycles. The fourth-order valence-electron chi connectivity index (χ4n) is 3.12. The van der Waals surface area contributed by atoms with Gasteiger partial charge in [0, 0.05) is 55.3 Å². The number of benzene rings is 1. The number of rotatable bonds is 3. The van der Waals surface area contributed by atoms with Crippen LogP contribution in [0.4, 0.5) is 16.3 Å². The van der Waals surface area contributed by atoms with Gasteiger partial charge in [0.15, 0.2) is 0 Å². The molecule has 144 valence electrons. The summed E-state index contributed by atoms with van der Waals surface area (Å²) in [7, 11) is 0. The summed E-state index contributed by atoms with van der Waals surface area (Å²) in [4.78, 5) is 29.3.